The van der Waals surface area contributed by atoms with E-state index in [1.54, 1.807) is 0 Å². The molecular formula is C16H23NO3. The van der Waals surface area contributed by atoms with Crippen molar-refractivity contribution < 1.29 is 15.0 Å². The summed E-state index contributed by atoms with van der Waals surface area (Å²) in [5.41, 5.74) is 2.29. The minimum Gasteiger partial charge on any atom is -0.465 e. The van der Waals surface area contributed by atoms with E-state index < -0.39 is 11.6 Å². The van der Waals surface area contributed by atoms with E-state index in [-0.39, 0.29) is 12.0 Å². The maximum absolute atomic E-state index is 11.3. The van der Waals surface area contributed by atoms with E-state index >= 15 is 0 Å². The van der Waals surface area contributed by atoms with E-state index in [0.717, 1.165) is 36.0 Å². The Balaban J connectivity index is 2.59. The highest BCUT2D eigenvalue weighted by Crippen LogP contribution is 2.47. The molecule has 1 aromatic carbocycles. The molecule has 4 heteroatoms. The molecule has 20 heavy (non-hydrogen) atoms. The summed E-state index contributed by atoms with van der Waals surface area (Å²) in [6.45, 7) is 6.22. The highest BCUT2D eigenvalue weighted by Gasteiger charge is 2.47. The Morgan fingerprint density at radius 3 is 2.65 bits per heavy atom. The van der Waals surface area contributed by atoms with E-state index in [9.17, 15) is 15.0 Å². The van der Waals surface area contributed by atoms with Crippen LogP contribution in [-0.2, 0) is 18.6 Å². The molecule has 4 nitrogen and oxygen atoms in total. The zero-order valence-electron chi connectivity index (χ0n) is 12.4. The van der Waals surface area contributed by atoms with Gasteiger partial charge in [0.25, 0.3) is 0 Å². The number of benzene rings is 1. The van der Waals surface area contributed by atoms with Gasteiger partial charge in [0, 0.05) is 0 Å². The number of aryl methyl sites for hydroxylation is 1. The summed E-state index contributed by atoms with van der Waals surface area (Å²) < 4.78 is 0. The third-order valence-electron chi connectivity index (χ3n) is 4.41. The molecule has 0 aliphatic heterocycles. The van der Waals surface area contributed by atoms with Gasteiger partial charge in [0.2, 0.25) is 0 Å². The van der Waals surface area contributed by atoms with Crippen LogP contribution in [0.5, 0.6) is 0 Å². The van der Waals surface area contributed by atoms with E-state index in [4.69, 9.17) is 0 Å². The molecule has 0 bridgehead atoms. The second-order valence-electron chi connectivity index (χ2n) is 6.59. The van der Waals surface area contributed by atoms with Gasteiger partial charge in [0.1, 0.15) is 0 Å². The van der Waals surface area contributed by atoms with Crippen LogP contribution in [0, 0.1) is 5.41 Å². The van der Waals surface area contributed by atoms with Crippen molar-refractivity contribution in [3.05, 3.63) is 34.9 Å². The molecule has 110 valence electrons. The summed E-state index contributed by atoms with van der Waals surface area (Å²) >= 11 is 0. The number of aliphatic hydroxyl groups is 1. The fraction of sp³-hybridized carbons (Fsp3) is 0.562. The predicted octanol–water partition coefficient (Wildman–Crippen LogP) is 3.02. The number of hydrogen-bond donors (Lipinski definition) is 3. The summed E-state index contributed by atoms with van der Waals surface area (Å²) in [4.78, 5) is 11.3. The smallest absolute Gasteiger partial charge is 0.405 e. The van der Waals surface area contributed by atoms with Crippen LogP contribution in [0.2, 0.25) is 0 Å². The van der Waals surface area contributed by atoms with E-state index in [1.807, 2.05) is 18.2 Å². The van der Waals surface area contributed by atoms with Gasteiger partial charge >= 0.3 is 6.09 Å². The predicted molar refractivity (Wildman–Crippen MR) is 77.6 cm³/mol. The third kappa shape index (κ3) is 2.40. The number of carboxylic acid groups (broad SMARTS) is 1. The van der Waals surface area contributed by atoms with Crippen molar-refractivity contribution in [3.8, 4) is 0 Å². The summed E-state index contributed by atoms with van der Waals surface area (Å²) in [6, 6.07) is 5.86. The molecule has 0 spiro atoms. The van der Waals surface area contributed by atoms with Gasteiger partial charge in [0.15, 0.2) is 0 Å². The fourth-order valence-corrected chi connectivity index (χ4v) is 3.33. The largest absolute Gasteiger partial charge is 0.465 e. The van der Waals surface area contributed by atoms with Crippen molar-refractivity contribution in [2.24, 2.45) is 5.41 Å². The average molecular weight is 277 g/mol. The van der Waals surface area contributed by atoms with Crippen molar-refractivity contribution in [1.29, 1.82) is 0 Å². The Bertz CT molecular complexity index is 519. The molecule has 0 fully saturated rings. The van der Waals surface area contributed by atoms with Gasteiger partial charge in [-0.05, 0) is 41.4 Å². The second kappa shape index (κ2) is 5.09. The maximum Gasteiger partial charge on any atom is 0.405 e. The normalized spacial score (nSPS) is 22.2. The molecule has 1 unspecified atom stereocenters. The van der Waals surface area contributed by atoms with Gasteiger partial charge in [-0.1, -0.05) is 39.0 Å². The molecule has 0 aromatic heterocycles. The molecule has 3 N–H and O–H groups in total. The molecule has 0 heterocycles. The molecule has 0 saturated carbocycles. The van der Waals surface area contributed by atoms with Crippen LogP contribution >= 0.6 is 0 Å². The van der Waals surface area contributed by atoms with Crippen LogP contribution in [0.15, 0.2) is 18.2 Å². The van der Waals surface area contributed by atoms with Crippen LogP contribution in [0.25, 0.3) is 0 Å². The van der Waals surface area contributed by atoms with Crippen molar-refractivity contribution in [3.63, 3.8) is 0 Å². The lowest BCUT2D eigenvalue weighted by molar-refractivity contribution is 0.101. The van der Waals surface area contributed by atoms with Crippen LogP contribution in [-0.4, -0.2) is 16.3 Å². The number of fused-ring (bicyclic) bond motifs is 1. The molecule has 0 radical (unpaired) electrons. The number of nitrogens with one attached hydrogen (secondary N) is 1. The minimum atomic E-state index is -0.987. The van der Waals surface area contributed by atoms with Gasteiger partial charge in [0.05, 0.1) is 12.1 Å². The van der Waals surface area contributed by atoms with Gasteiger partial charge in [-0.3, -0.25) is 0 Å². The van der Waals surface area contributed by atoms with Crippen molar-refractivity contribution >= 4 is 6.09 Å². The number of rotatable bonds is 2. The molecule has 1 aliphatic rings. The zero-order valence-corrected chi connectivity index (χ0v) is 12.4. The molecule has 1 atom stereocenters. The first-order chi connectivity index (χ1) is 9.30. The standard InChI is InChI=1S/C16H23NO3/c1-15(2,3)16(17-14(19)20)8-4-5-12-9-11(10-18)6-7-13(12)16/h6-7,9,17-18H,4-5,8,10H2,1-3H3,(H,19,20). The quantitative estimate of drug-likeness (QED) is 0.778. The van der Waals surface area contributed by atoms with Crippen LogP contribution in [0.4, 0.5) is 4.79 Å². The Morgan fingerprint density at radius 1 is 1.40 bits per heavy atom. The van der Waals surface area contributed by atoms with Crippen LogP contribution in [0.3, 0.4) is 0 Å². The molecule has 2 rings (SSSR count). The number of hydrogen-bond acceptors (Lipinski definition) is 2. The summed E-state index contributed by atoms with van der Waals surface area (Å²) in [5, 5.41) is 21.3. The van der Waals surface area contributed by atoms with Crippen molar-refractivity contribution in [2.45, 2.75) is 52.2 Å². The Kier molecular flexibility index (Phi) is 3.78. The first-order valence-corrected chi connectivity index (χ1v) is 7.04. The highest BCUT2D eigenvalue weighted by atomic mass is 16.4. The first-order valence-electron chi connectivity index (χ1n) is 7.04. The number of aliphatic hydroxyl groups excluding tert-OH is 1. The Hall–Kier alpha value is -1.55. The monoisotopic (exact) mass is 277 g/mol. The van der Waals surface area contributed by atoms with Gasteiger partial charge in [-0.15, -0.1) is 0 Å². The first kappa shape index (κ1) is 14.9. The molecule has 1 aromatic rings. The average Bonchev–Trinajstić information content (AvgIpc) is 2.36. The molecule has 0 saturated heterocycles. The topological polar surface area (TPSA) is 69.6 Å². The third-order valence-corrected chi connectivity index (χ3v) is 4.41. The van der Waals surface area contributed by atoms with Crippen molar-refractivity contribution in [1.82, 2.24) is 5.32 Å². The van der Waals surface area contributed by atoms with E-state index in [0.29, 0.717) is 0 Å². The van der Waals surface area contributed by atoms with Gasteiger partial charge < -0.3 is 15.5 Å². The number of carbonyl (C=O) groups is 1. The maximum atomic E-state index is 11.3. The van der Waals surface area contributed by atoms with E-state index in [1.165, 1.54) is 0 Å². The van der Waals surface area contributed by atoms with Gasteiger partial charge in [-0.25, -0.2) is 4.79 Å². The molecular weight excluding hydrogens is 254 g/mol. The SMILES string of the molecule is CC(C)(C)C1(NC(=O)O)CCCc2cc(CO)ccc21. The van der Waals surface area contributed by atoms with Crippen LogP contribution in [0.1, 0.15) is 50.3 Å². The molecule has 1 aliphatic carbocycles. The van der Waals surface area contributed by atoms with Crippen LogP contribution < -0.4 is 5.32 Å². The van der Waals surface area contributed by atoms with Crippen molar-refractivity contribution in [2.75, 3.05) is 0 Å². The second-order valence-corrected chi connectivity index (χ2v) is 6.59. The lowest BCUT2D eigenvalue weighted by Gasteiger charge is -2.48. The molecule has 1 amide bonds. The lowest BCUT2D eigenvalue weighted by Crippen LogP contribution is -2.55. The summed E-state index contributed by atoms with van der Waals surface area (Å²) in [6.07, 6.45) is 1.69. The highest BCUT2D eigenvalue weighted by molar-refractivity contribution is 5.67. The minimum absolute atomic E-state index is 0.0160. The van der Waals surface area contributed by atoms with E-state index in [2.05, 4.69) is 26.1 Å². The summed E-state index contributed by atoms with van der Waals surface area (Å²) in [5.74, 6) is 0. The fourth-order valence-electron chi connectivity index (χ4n) is 3.33. The van der Waals surface area contributed by atoms with Gasteiger partial charge in [-0.2, -0.15) is 0 Å². The summed E-state index contributed by atoms with van der Waals surface area (Å²) in [7, 11) is 0. The zero-order chi connectivity index (χ0) is 15.0. The number of amides is 1. The Labute approximate surface area is 119 Å². The Morgan fingerprint density at radius 2 is 2.10 bits per heavy atom. The lowest BCUT2D eigenvalue weighted by atomic mass is 9.63.